The van der Waals surface area contributed by atoms with Crippen LogP contribution < -0.4 is 16.4 Å². The summed E-state index contributed by atoms with van der Waals surface area (Å²) in [5.41, 5.74) is 6.52. The zero-order valence-electron chi connectivity index (χ0n) is 14.6. The van der Waals surface area contributed by atoms with Crippen molar-refractivity contribution in [2.45, 2.75) is 46.0 Å². The zero-order chi connectivity index (χ0) is 17.1. The number of nitrogens with one attached hydrogen (secondary N) is 2. The highest BCUT2D eigenvalue weighted by molar-refractivity contribution is 6.03. The van der Waals surface area contributed by atoms with Crippen molar-refractivity contribution in [1.29, 1.82) is 0 Å². The molecule has 0 saturated carbocycles. The minimum atomic E-state index is -0.155. The van der Waals surface area contributed by atoms with Crippen LogP contribution >= 0.6 is 12.4 Å². The molecule has 0 aromatic heterocycles. The van der Waals surface area contributed by atoms with Crippen molar-refractivity contribution < 1.29 is 9.59 Å². The summed E-state index contributed by atoms with van der Waals surface area (Å²) in [5.74, 6) is 0.175. The fourth-order valence-electron chi connectivity index (χ4n) is 2.18. The van der Waals surface area contributed by atoms with E-state index in [9.17, 15) is 9.59 Å². The van der Waals surface area contributed by atoms with E-state index in [0.717, 1.165) is 25.7 Å². The molecule has 0 radical (unpaired) electrons. The van der Waals surface area contributed by atoms with Crippen molar-refractivity contribution in [3.05, 3.63) is 29.8 Å². The van der Waals surface area contributed by atoms with Crippen molar-refractivity contribution in [2.75, 3.05) is 18.4 Å². The SMILES string of the molecule is CC(C)CNC(=O)c1ccccc1NC(=O)CCCCCCN.Cl. The Labute approximate surface area is 151 Å². The largest absolute Gasteiger partial charge is 0.352 e. The summed E-state index contributed by atoms with van der Waals surface area (Å²) in [6, 6.07) is 7.10. The van der Waals surface area contributed by atoms with Crippen LogP contribution in [-0.2, 0) is 4.79 Å². The van der Waals surface area contributed by atoms with Gasteiger partial charge in [0.05, 0.1) is 11.3 Å². The van der Waals surface area contributed by atoms with Gasteiger partial charge >= 0.3 is 0 Å². The molecule has 0 unspecified atom stereocenters. The lowest BCUT2D eigenvalue weighted by atomic mass is 10.1. The molecule has 1 aromatic carbocycles. The first kappa shape index (κ1) is 22.4. The van der Waals surface area contributed by atoms with Crippen LogP contribution in [0.3, 0.4) is 0 Å². The van der Waals surface area contributed by atoms with Gasteiger partial charge < -0.3 is 16.4 Å². The molecular formula is C18H30ClN3O2. The molecule has 0 saturated heterocycles. The zero-order valence-corrected chi connectivity index (χ0v) is 15.5. The van der Waals surface area contributed by atoms with E-state index in [1.807, 2.05) is 19.9 Å². The number of hydrogen-bond donors (Lipinski definition) is 3. The fourth-order valence-corrected chi connectivity index (χ4v) is 2.18. The van der Waals surface area contributed by atoms with E-state index in [1.54, 1.807) is 18.2 Å². The van der Waals surface area contributed by atoms with Gasteiger partial charge in [0.15, 0.2) is 0 Å². The fraction of sp³-hybridized carbons (Fsp3) is 0.556. The van der Waals surface area contributed by atoms with Gasteiger partial charge in [-0.2, -0.15) is 0 Å². The van der Waals surface area contributed by atoms with E-state index in [0.29, 0.717) is 36.7 Å². The van der Waals surface area contributed by atoms with Crippen molar-refractivity contribution in [3.63, 3.8) is 0 Å². The summed E-state index contributed by atoms with van der Waals surface area (Å²) in [6.07, 6.45) is 4.36. The normalized spacial score (nSPS) is 10.2. The molecule has 1 aromatic rings. The van der Waals surface area contributed by atoms with Crippen molar-refractivity contribution in [3.8, 4) is 0 Å². The molecule has 4 N–H and O–H groups in total. The Morgan fingerprint density at radius 2 is 1.75 bits per heavy atom. The van der Waals surface area contributed by atoms with E-state index in [2.05, 4.69) is 10.6 Å². The van der Waals surface area contributed by atoms with Crippen LogP contribution in [0.25, 0.3) is 0 Å². The first-order valence-corrected chi connectivity index (χ1v) is 8.41. The molecular weight excluding hydrogens is 326 g/mol. The van der Waals surface area contributed by atoms with E-state index in [-0.39, 0.29) is 24.2 Å². The number of carbonyl (C=O) groups excluding carboxylic acids is 2. The smallest absolute Gasteiger partial charge is 0.253 e. The van der Waals surface area contributed by atoms with Gasteiger partial charge in [-0.25, -0.2) is 0 Å². The van der Waals surface area contributed by atoms with E-state index >= 15 is 0 Å². The Hall–Kier alpha value is -1.59. The van der Waals surface area contributed by atoms with Crippen molar-refractivity contribution in [1.82, 2.24) is 5.32 Å². The number of unbranched alkanes of at least 4 members (excludes halogenated alkanes) is 3. The van der Waals surface area contributed by atoms with Crippen LogP contribution in [0, 0.1) is 5.92 Å². The Kier molecular flexibility index (Phi) is 11.9. The number of anilines is 1. The van der Waals surface area contributed by atoms with Crippen LogP contribution in [0.4, 0.5) is 5.69 Å². The van der Waals surface area contributed by atoms with E-state index < -0.39 is 0 Å². The van der Waals surface area contributed by atoms with Gasteiger partial charge in [0.2, 0.25) is 5.91 Å². The highest BCUT2D eigenvalue weighted by Crippen LogP contribution is 2.16. The van der Waals surface area contributed by atoms with E-state index in [1.165, 1.54) is 0 Å². The summed E-state index contributed by atoms with van der Waals surface area (Å²) in [5, 5.41) is 5.72. The summed E-state index contributed by atoms with van der Waals surface area (Å²) in [7, 11) is 0. The minimum Gasteiger partial charge on any atom is -0.352 e. The Bertz CT molecular complexity index is 507. The van der Waals surface area contributed by atoms with Gasteiger partial charge in [0.1, 0.15) is 0 Å². The lowest BCUT2D eigenvalue weighted by Gasteiger charge is -2.12. The Balaban J connectivity index is 0.00000529. The molecule has 0 fully saturated rings. The number of amides is 2. The molecule has 0 aliphatic heterocycles. The second-order valence-corrected chi connectivity index (χ2v) is 6.15. The number of benzene rings is 1. The molecule has 0 atom stereocenters. The molecule has 2 amide bonds. The highest BCUT2D eigenvalue weighted by Gasteiger charge is 2.13. The Morgan fingerprint density at radius 3 is 2.42 bits per heavy atom. The standard InChI is InChI=1S/C18H29N3O2.ClH/c1-14(2)13-20-18(23)15-9-6-7-10-16(15)21-17(22)11-5-3-4-8-12-19;/h6-7,9-10,14H,3-5,8,11-13,19H2,1-2H3,(H,20,23)(H,21,22);1H. The number of rotatable bonds is 10. The summed E-state index contributed by atoms with van der Waals surface area (Å²) in [4.78, 5) is 24.2. The topological polar surface area (TPSA) is 84.2 Å². The highest BCUT2D eigenvalue weighted by atomic mass is 35.5. The van der Waals surface area contributed by atoms with E-state index in [4.69, 9.17) is 5.73 Å². The summed E-state index contributed by atoms with van der Waals surface area (Å²) >= 11 is 0. The van der Waals surface area contributed by atoms with Gasteiger partial charge in [0, 0.05) is 13.0 Å². The molecule has 5 nitrogen and oxygen atoms in total. The van der Waals surface area contributed by atoms with Gasteiger partial charge in [-0.3, -0.25) is 9.59 Å². The lowest BCUT2D eigenvalue weighted by molar-refractivity contribution is -0.116. The molecule has 0 heterocycles. The van der Waals surface area contributed by atoms with Crippen LogP contribution in [0.5, 0.6) is 0 Å². The van der Waals surface area contributed by atoms with Crippen molar-refractivity contribution >= 4 is 29.9 Å². The first-order chi connectivity index (χ1) is 11.0. The second-order valence-electron chi connectivity index (χ2n) is 6.15. The maximum absolute atomic E-state index is 12.2. The molecule has 0 aliphatic rings. The average molecular weight is 356 g/mol. The third-order valence-electron chi connectivity index (χ3n) is 3.47. The predicted molar refractivity (Wildman–Crippen MR) is 102 cm³/mol. The molecule has 24 heavy (non-hydrogen) atoms. The number of carbonyl (C=O) groups is 2. The molecule has 1 rings (SSSR count). The van der Waals surface area contributed by atoms with Crippen LogP contribution in [0.15, 0.2) is 24.3 Å². The molecule has 6 heteroatoms. The molecule has 136 valence electrons. The quantitative estimate of drug-likeness (QED) is 0.563. The van der Waals surface area contributed by atoms with Gasteiger partial charge in [0.25, 0.3) is 5.91 Å². The number of hydrogen-bond acceptors (Lipinski definition) is 3. The maximum atomic E-state index is 12.2. The third kappa shape index (κ3) is 8.89. The van der Waals surface area contributed by atoms with Crippen molar-refractivity contribution in [2.24, 2.45) is 11.7 Å². The first-order valence-electron chi connectivity index (χ1n) is 8.41. The summed E-state index contributed by atoms with van der Waals surface area (Å²) in [6.45, 7) is 5.39. The number of nitrogens with two attached hydrogens (primary N) is 1. The minimum absolute atomic E-state index is 0. The number of halogens is 1. The second kappa shape index (κ2) is 12.8. The van der Waals surface area contributed by atoms with Crippen LogP contribution in [0.2, 0.25) is 0 Å². The van der Waals surface area contributed by atoms with Gasteiger partial charge in [-0.1, -0.05) is 38.8 Å². The Morgan fingerprint density at radius 1 is 1.08 bits per heavy atom. The maximum Gasteiger partial charge on any atom is 0.253 e. The number of para-hydroxylation sites is 1. The molecule has 0 bridgehead atoms. The lowest BCUT2D eigenvalue weighted by Crippen LogP contribution is -2.28. The predicted octanol–water partition coefficient (Wildman–Crippen LogP) is 3.34. The average Bonchev–Trinajstić information content (AvgIpc) is 2.53. The monoisotopic (exact) mass is 355 g/mol. The summed E-state index contributed by atoms with van der Waals surface area (Å²) < 4.78 is 0. The van der Waals surface area contributed by atoms with Gasteiger partial charge in [-0.15, -0.1) is 12.4 Å². The molecule has 0 aliphatic carbocycles. The third-order valence-corrected chi connectivity index (χ3v) is 3.47. The van der Waals surface area contributed by atoms with Crippen LogP contribution in [0.1, 0.15) is 56.3 Å². The molecule has 0 spiro atoms. The van der Waals surface area contributed by atoms with Crippen LogP contribution in [-0.4, -0.2) is 24.9 Å². The van der Waals surface area contributed by atoms with Gasteiger partial charge in [-0.05, 0) is 37.4 Å².